The molecule has 0 amide bonds. The SMILES string of the molecule is [CH2]C(C)[SiH](OC)OC. The minimum absolute atomic E-state index is 0.324. The van der Waals surface area contributed by atoms with E-state index in [4.69, 9.17) is 8.85 Å². The molecule has 0 fully saturated rings. The summed E-state index contributed by atoms with van der Waals surface area (Å²) in [6.07, 6.45) is 0. The van der Waals surface area contributed by atoms with Crippen molar-refractivity contribution in [2.24, 2.45) is 0 Å². The molecule has 0 aromatic heterocycles. The lowest BCUT2D eigenvalue weighted by Crippen LogP contribution is -2.22. The maximum absolute atomic E-state index is 5.02. The van der Waals surface area contributed by atoms with Gasteiger partial charge in [-0.2, -0.15) is 0 Å². The Morgan fingerprint density at radius 3 is 1.75 bits per heavy atom. The van der Waals surface area contributed by atoms with Crippen molar-refractivity contribution in [3.63, 3.8) is 0 Å². The molecule has 0 saturated carbocycles. The first-order chi connectivity index (χ1) is 3.72. The lowest BCUT2D eigenvalue weighted by molar-refractivity contribution is 0.272. The summed E-state index contributed by atoms with van der Waals surface area (Å²) >= 11 is 0. The lowest BCUT2D eigenvalue weighted by atomic mass is 10.6. The fourth-order valence-corrected chi connectivity index (χ4v) is 1.68. The average Bonchev–Trinajstić information content (AvgIpc) is 1.69. The summed E-state index contributed by atoms with van der Waals surface area (Å²) in [6.45, 7) is 5.80. The van der Waals surface area contributed by atoms with Crippen molar-refractivity contribution >= 4 is 9.28 Å². The van der Waals surface area contributed by atoms with Gasteiger partial charge in [0.1, 0.15) is 0 Å². The van der Waals surface area contributed by atoms with E-state index in [1.165, 1.54) is 0 Å². The molecule has 0 bridgehead atoms. The Hall–Kier alpha value is 0.137. The van der Waals surface area contributed by atoms with Crippen LogP contribution in [0, 0.1) is 6.92 Å². The van der Waals surface area contributed by atoms with Crippen molar-refractivity contribution in [3.05, 3.63) is 6.92 Å². The zero-order valence-electron chi connectivity index (χ0n) is 5.68. The van der Waals surface area contributed by atoms with Crippen LogP contribution in [-0.4, -0.2) is 23.5 Å². The van der Waals surface area contributed by atoms with Gasteiger partial charge in [0.25, 0.3) is 0 Å². The van der Waals surface area contributed by atoms with Gasteiger partial charge in [-0.3, -0.25) is 0 Å². The van der Waals surface area contributed by atoms with E-state index in [1.54, 1.807) is 14.2 Å². The van der Waals surface area contributed by atoms with Crippen LogP contribution in [0.3, 0.4) is 0 Å². The standard InChI is InChI=1S/C5H13O2Si/c1-5(2)8(6-3)7-4/h5,8H,1H2,2-4H3. The third-order valence-electron chi connectivity index (χ3n) is 0.929. The largest absolute Gasteiger partial charge is 0.400 e. The zero-order valence-corrected chi connectivity index (χ0v) is 6.83. The van der Waals surface area contributed by atoms with E-state index in [0.717, 1.165) is 0 Å². The average molecular weight is 133 g/mol. The Bertz CT molecular complexity index is 52.4. The normalized spacial score (nSPS) is 11.2. The summed E-state index contributed by atoms with van der Waals surface area (Å²) in [5.74, 6) is 0. The molecule has 0 aliphatic heterocycles. The molecule has 0 saturated heterocycles. The van der Waals surface area contributed by atoms with Crippen molar-refractivity contribution in [1.82, 2.24) is 0 Å². The summed E-state index contributed by atoms with van der Waals surface area (Å²) in [7, 11) is 1.96. The summed E-state index contributed by atoms with van der Waals surface area (Å²) in [4.78, 5) is 0. The number of hydrogen-bond acceptors (Lipinski definition) is 2. The van der Waals surface area contributed by atoms with E-state index in [9.17, 15) is 0 Å². The first-order valence-corrected chi connectivity index (χ1v) is 4.22. The fraction of sp³-hybridized carbons (Fsp3) is 0.800. The van der Waals surface area contributed by atoms with Gasteiger partial charge in [0.05, 0.1) is 0 Å². The van der Waals surface area contributed by atoms with Gasteiger partial charge in [0.15, 0.2) is 0 Å². The molecule has 0 heterocycles. The van der Waals surface area contributed by atoms with Crippen molar-refractivity contribution in [1.29, 1.82) is 0 Å². The van der Waals surface area contributed by atoms with Crippen molar-refractivity contribution in [3.8, 4) is 0 Å². The van der Waals surface area contributed by atoms with E-state index >= 15 is 0 Å². The summed E-state index contributed by atoms with van der Waals surface area (Å²) in [5, 5.41) is 0. The molecule has 8 heavy (non-hydrogen) atoms. The monoisotopic (exact) mass is 133 g/mol. The minimum atomic E-state index is -1.38. The molecule has 49 valence electrons. The Balaban J connectivity index is 3.35. The third kappa shape index (κ3) is 2.45. The molecule has 0 aromatic rings. The van der Waals surface area contributed by atoms with Gasteiger partial charge < -0.3 is 8.85 Å². The Kier molecular flexibility index (Phi) is 4.13. The van der Waals surface area contributed by atoms with E-state index in [2.05, 4.69) is 6.92 Å². The van der Waals surface area contributed by atoms with Gasteiger partial charge in [0.2, 0.25) is 0 Å². The van der Waals surface area contributed by atoms with Crippen LogP contribution in [0.4, 0.5) is 0 Å². The van der Waals surface area contributed by atoms with Gasteiger partial charge in [0, 0.05) is 14.2 Å². The first kappa shape index (κ1) is 8.14. The van der Waals surface area contributed by atoms with Gasteiger partial charge in [-0.05, 0) is 12.5 Å². The van der Waals surface area contributed by atoms with Crippen molar-refractivity contribution < 1.29 is 8.85 Å². The molecule has 2 nitrogen and oxygen atoms in total. The maximum Gasteiger partial charge on any atom is 0.323 e. The molecule has 0 N–H and O–H groups in total. The van der Waals surface area contributed by atoms with Gasteiger partial charge in [-0.25, -0.2) is 0 Å². The van der Waals surface area contributed by atoms with Gasteiger partial charge in [-0.1, -0.05) is 6.92 Å². The van der Waals surface area contributed by atoms with Crippen LogP contribution < -0.4 is 0 Å². The van der Waals surface area contributed by atoms with Crippen molar-refractivity contribution in [2.45, 2.75) is 12.5 Å². The smallest absolute Gasteiger partial charge is 0.323 e. The maximum atomic E-state index is 5.02. The fourth-order valence-electron chi connectivity index (χ4n) is 0.561. The second kappa shape index (κ2) is 4.06. The van der Waals surface area contributed by atoms with E-state index in [0.29, 0.717) is 5.54 Å². The van der Waals surface area contributed by atoms with E-state index < -0.39 is 9.28 Å². The Morgan fingerprint density at radius 1 is 1.38 bits per heavy atom. The molecule has 0 aliphatic carbocycles. The molecule has 1 unspecified atom stereocenters. The third-order valence-corrected chi connectivity index (χ3v) is 2.79. The molecule has 0 spiro atoms. The van der Waals surface area contributed by atoms with Crippen LogP contribution >= 0.6 is 0 Å². The summed E-state index contributed by atoms with van der Waals surface area (Å²) in [5.41, 5.74) is 0.324. The van der Waals surface area contributed by atoms with Gasteiger partial charge >= 0.3 is 9.28 Å². The van der Waals surface area contributed by atoms with Crippen LogP contribution in [0.2, 0.25) is 5.54 Å². The number of rotatable bonds is 3. The molecular weight excluding hydrogens is 120 g/mol. The topological polar surface area (TPSA) is 18.5 Å². The predicted molar refractivity (Wildman–Crippen MR) is 35.9 cm³/mol. The molecule has 0 aromatic carbocycles. The molecular formula is C5H13O2Si. The highest BCUT2D eigenvalue weighted by molar-refractivity contribution is 6.46. The Labute approximate surface area is 52.7 Å². The minimum Gasteiger partial charge on any atom is -0.400 e. The molecule has 1 atom stereocenters. The highest BCUT2D eigenvalue weighted by Gasteiger charge is 2.13. The van der Waals surface area contributed by atoms with Crippen LogP contribution in [0.1, 0.15) is 6.92 Å². The molecule has 1 radical (unpaired) electrons. The molecule has 3 heteroatoms. The highest BCUT2D eigenvalue weighted by atomic mass is 28.3. The molecule has 0 rings (SSSR count). The lowest BCUT2D eigenvalue weighted by Gasteiger charge is -2.13. The highest BCUT2D eigenvalue weighted by Crippen LogP contribution is 2.06. The van der Waals surface area contributed by atoms with Crippen LogP contribution in [0.5, 0.6) is 0 Å². The second-order valence-electron chi connectivity index (χ2n) is 1.82. The summed E-state index contributed by atoms with van der Waals surface area (Å²) < 4.78 is 10.0. The van der Waals surface area contributed by atoms with Gasteiger partial charge in [-0.15, -0.1) is 0 Å². The first-order valence-electron chi connectivity index (χ1n) is 2.61. The molecule has 0 aliphatic rings. The van der Waals surface area contributed by atoms with Crippen molar-refractivity contribution in [2.75, 3.05) is 14.2 Å². The van der Waals surface area contributed by atoms with Crippen LogP contribution in [0.15, 0.2) is 0 Å². The van der Waals surface area contributed by atoms with Crippen LogP contribution in [-0.2, 0) is 8.85 Å². The summed E-state index contributed by atoms with van der Waals surface area (Å²) in [6, 6.07) is 0. The zero-order chi connectivity index (χ0) is 6.57. The Morgan fingerprint density at radius 2 is 1.75 bits per heavy atom. The van der Waals surface area contributed by atoms with Crippen LogP contribution in [0.25, 0.3) is 0 Å². The predicted octanol–water partition coefficient (Wildman–Crippen LogP) is 0.724. The quantitative estimate of drug-likeness (QED) is 0.528. The number of hydrogen-bond donors (Lipinski definition) is 0. The second-order valence-corrected chi connectivity index (χ2v) is 4.63. The van der Waals surface area contributed by atoms with E-state index in [-0.39, 0.29) is 0 Å². The van der Waals surface area contributed by atoms with E-state index in [1.807, 2.05) is 6.92 Å².